The molecule has 0 aromatic heterocycles. The van der Waals surface area contributed by atoms with Gasteiger partial charge in [-0.15, -0.1) is 12.4 Å². The molecule has 116 valence electrons. The Kier molecular flexibility index (Phi) is 4.95. The predicted molar refractivity (Wildman–Crippen MR) is 78.0 cm³/mol. The summed E-state index contributed by atoms with van der Waals surface area (Å²) in [7, 11) is 0. The summed E-state index contributed by atoms with van der Waals surface area (Å²) >= 11 is 0. The van der Waals surface area contributed by atoms with Gasteiger partial charge in [-0.3, -0.25) is 4.79 Å². The fourth-order valence-corrected chi connectivity index (χ4v) is 4.03. The summed E-state index contributed by atoms with van der Waals surface area (Å²) in [5.41, 5.74) is -0.744. The van der Waals surface area contributed by atoms with Crippen LogP contribution in [0, 0.1) is 5.41 Å². The number of halogens is 1. The molecule has 1 saturated carbocycles. The molecule has 0 aromatic carbocycles. The average molecular weight is 305 g/mol. The number of nitrogens with zero attached hydrogens (tertiary/aromatic N) is 1. The number of amides is 1. The molecule has 0 bridgehead atoms. The number of ether oxygens (including phenoxy) is 1. The molecular formula is C14H25ClN2O3. The minimum atomic E-state index is -0.720. The van der Waals surface area contributed by atoms with Crippen molar-refractivity contribution in [1.29, 1.82) is 0 Å². The summed E-state index contributed by atoms with van der Waals surface area (Å²) in [6.45, 7) is 3.59. The standard InChI is InChI=1S/C14H24N2O3.ClH/c17-12-9-19-8-7-16(12)11-14(18)5-6-15-10-13(14)3-1-2-4-13;/h15,18H,1-11H2;1H. The molecule has 1 unspecified atom stereocenters. The van der Waals surface area contributed by atoms with Crippen LogP contribution in [0.15, 0.2) is 0 Å². The molecule has 3 rings (SSSR count). The summed E-state index contributed by atoms with van der Waals surface area (Å²) in [5.74, 6) is 0.0198. The maximum Gasteiger partial charge on any atom is 0.248 e. The third-order valence-corrected chi connectivity index (χ3v) is 5.26. The number of morpholine rings is 1. The summed E-state index contributed by atoms with van der Waals surface area (Å²) in [5, 5.41) is 14.6. The SMILES string of the molecule is Cl.O=C1COCCN1CC1(O)CCNCC12CCCC2. The van der Waals surface area contributed by atoms with Crippen molar-refractivity contribution in [1.82, 2.24) is 10.2 Å². The molecule has 3 aliphatic rings. The lowest BCUT2D eigenvalue weighted by Crippen LogP contribution is -2.63. The third kappa shape index (κ3) is 2.69. The number of hydrogen-bond acceptors (Lipinski definition) is 4. The van der Waals surface area contributed by atoms with Crippen LogP contribution in [-0.4, -0.2) is 60.9 Å². The topological polar surface area (TPSA) is 61.8 Å². The number of β-amino-alcohol motifs (C(OH)–C–C–N with tert-alkyl or cyclic N) is 1. The zero-order chi connectivity index (χ0) is 13.3. The van der Waals surface area contributed by atoms with E-state index >= 15 is 0 Å². The predicted octanol–water partition coefficient (Wildman–Crippen LogP) is 0.552. The Bertz CT molecular complexity index is 360. The van der Waals surface area contributed by atoms with Crippen molar-refractivity contribution in [2.45, 2.75) is 37.7 Å². The first-order chi connectivity index (χ1) is 9.15. The van der Waals surface area contributed by atoms with E-state index < -0.39 is 5.60 Å². The van der Waals surface area contributed by atoms with Crippen LogP contribution < -0.4 is 5.32 Å². The maximum absolute atomic E-state index is 11.9. The number of aliphatic hydroxyl groups is 1. The molecule has 2 N–H and O–H groups in total. The zero-order valence-electron chi connectivity index (χ0n) is 11.9. The molecule has 5 nitrogen and oxygen atoms in total. The smallest absolute Gasteiger partial charge is 0.248 e. The Morgan fingerprint density at radius 3 is 2.75 bits per heavy atom. The summed E-state index contributed by atoms with van der Waals surface area (Å²) < 4.78 is 5.17. The molecule has 2 saturated heterocycles. The van der Waals surface area contributed by atoms with Gasteiger partial charge in [-0.25, -0.2) is 0 Å². The first-order valence-electron chi connectivity index (χ1n) is 7.44. The van der Waals surface area contributed by atoms with E-state index in [4.69, 9.17) is 4.74 Å². The van der Waals surface area contributed by atoms with Crippen molar-refractivity contribution < 1.29 is 14.6 Å². The third-order valence-electron chi connectivity index (χ3n) is 5.26. The molecule has 6 heteroatoms. The lowest BCUT2D eigenvalue weighted by Gasteiger charge is -2.51. The van der Waals surface area contributed by atoms with E-state index in [-0.39, 0.29) is 30.3 Å². The second-order valence-electron chi connectivity index (χ2n) is 6.31. The van der Waals surface area contributed by atoms with E-state index in [2.05, 4.69) is 5.32 Å². The van der Waals surface area contributed by atoms with Crippen molar-refractivity contribution in [3.63, 3.8) is 0 Å². The van der Waals surface area contributed by atoms with Crippen LogP contribution in [0.5, 0.6) is 0 Å². The van der Waals surface area contributed by atoms with Crippen molar-refractivity contribution in [3.8, 4) is 0 Å². The average Bonchev–Trinajstić information content (AvgIpc) is 2.87. The normalized spacial score (nSPS) is 33.2. The molecule has 2 heterocycles. The van der Waals surface area contributed by atoms with Gasteiger partial charge in [0.05, 0.1) is 18.8 Å². The van der Waals surface area contributed by atoms with Crippen molar-refractivity contribution in [2.75, 3.05) is 39.4 Å². The number of hydrogen-bond donors (Lipinski definition) is 2. The van der Waals surface area contributed by atoms with E-state index in [0.29, 0.717) is 19.7 Å². The maximum atomic E-state index is 11.9. The lowest BCUT2D eigenvalue weighted by atomic mass is 9.66. The second kappa shape index (κ2) is 6.18. The fourth-order valence-electron chi connectivity index (χ4n) is 4.03. The number of carbonyl (C=O) groups excluding carboxylic acids is 1. The highest BCUT2D eigenvalue weighted by atomic mass is 35.5. The van der Waals surface area contributed by atoms with Gasteiger partial charge in [-0.1, -0.05) is 12.8 Å². The summed E-state index contributed by atoms with van der Waals surface area (Å²) in [6.07, 6.45) is 5.30. The Balaban J connectivity index is 0.00000147. The van der Waals surface area contributed by atoms with Crippen molar-refractivity contribution in [2.24, 2.45) is 5.41 Å². The molecule has 1 aliphatic carbocycles. The van der Waals surface area contributed by atoms with Crippen molar-refractivity contribution in [3.05, 3.63) is 0 Å². The summed E-state index contributed by atoms with van der Waals surface area (Å²) in [4.78, 5) is 13.7. The molecule has 0 radical (unpaired) electrons. The molecule has 1 spiro atoms. The van der Waals surface area contributed by atoms with Crippen LogP contribution in [0.4, 0.5) is 0 Å². The van der Waals surface area contributed by atoms with E-state index in [1.165, 1.54) is 12.8 Å². The van der Waals surface area contributed by atoms with Gasteiger partial charge in [0.1, 0.15) is 6.61 Å². The van der Waals surface area contributed by atoms with Gasteiger partial charge >= 0.3 is 0 Å². The van der Waals surface area contributed by atoms with Gasteiger partial charge in [0.15, 0.2) is 0 Å². The van der Waals surface area contributed by atoms with Crippen LogP contribution in [0.25, 0.3) is 0 Å². The van der Waals surface area contributed by atoms with Crippen LogP contribution >= 0.6 is 12.4 Å². The molecule has 1 amide bonds. The van der Waals surface area contributed by atoms with Crippen LogP contribution in [0.3, 0.4) is 0 Å². The van der Waals surface area contributed by atoms with Crippen molar-refractivity contribution >= 4 is 18.3 Å². The van der Waals surface area contributed by atoms with Crippen LogP contribution in [0.2, 0.25) is 0 Å². The van der Waals surface area contributed by atoms with Gasteiger partial charge in [0.25, 0.3) is 0 Å². The number of nitrogens with one attached hydrogen (secondary N) is 1. The molecular weight excluding hydrogens is 280 g/mol. The first kappa shape index (κ1) is 16.0. The Morgan fingerprint density at radius 1 is 1.30 bits per heavy atom. The van der Waals surface area contributed by atoms with E-state index in [9.17, 15) is 9.90 Å². The molecule has 0 aromatic rings. The largest absolute Gasteiger partial charge is 0.387 e. The van der Waals surface area contributed by atoms with Crippen LogP contribution in [0.1, 0.15) is 32.1 Å². The van der Waals surface area contributed by atoms with Gasteiger partial charge in [0, 0.05) is 18.5 Å². The van der Waals surface area contributed by atoms with E-state index in [1.807, 2.05) is 0 Å². The van der Waals surface area contributed by atoms with E-state index in [1.54, 1.807) is 4.90 Å². The van der Waals surface area contributed by atoms with Gasteiger partial charge in [-0.2, -0.15) is 0 Å². The number of piperidine rings is 1. The lowest BCUT2D eigenvalue weighted by molar-refractivity contribution is -0.159. The molecule has 1 atom stereocenters. The molecule has 20 heavy (non-hydrogen) atoms. The molecule has 3 fully saturated rings. The highest BCUT2D eigenvalue weighted by Crippen LogP contribution is 2.49. The zero-order valence-corrected chi connectivity index (χ0v) is 12.7. The van der Waals surface area contributed by atoms with Gasteiger partial charge in [0.2, 0.25) is 5.91 Å². The Hall–Kier alpha value is -0.360. The minimum absolute atomic E-state index is 0. The van der Waals surface area contributed by atoms with Gasteiger partial charge < -0.3 is 20.1 Å². The highest BCUT2D eigenvalue weighted by Gasteiger charge is 2.53. The number of carbonyl (C=O) groups is 1. The fraction of sp³-hybridized carbons (Fsp3) is 0.929. The monoisotopic (exact) mass is 304 g/mol. The molecule has 2 aliphatic heterocycles. The quantitative estimate of drug-likeness (QED) is 0.782. The summed E-state index contributed by atoms with van der Waals surface area (Å²) in [6, 6.07) is 0. The number of rotatable bonds is 2. The van der Waals surface area contributed by atoms with Gasteiger partial charge in [-0.05, 0) is 25.8 Å². The first-order valence-corrected chi connectivity index (χ1v) is 7.44. The Morgan fingerprint density at radius 2 is 2.05 bits per heavy atom. The minimum Gasteiger partial charge on any atom is -0.387 e. The highest BCUT2D eigenvalue weighted by molar-refractivity contribution is 5.85. The second-order valence-corrected chi connectivity index (χ2v) is 6.31. The van der Waals surface area contributed by atoms with E-state index in [0.717, 1.165) is 32.4 Å². The van der Waals surface area contributed by atoms with Crippen LogP contribution in [-0.2, 0) is 9.53 Å². The Labute approximate surface area is 126 Å².